The van der Waals surface area contributed by atoms with Crippen molar-refractivity contribution in [2.24, 2.45) is 0 Å². The van der Waals surface area contributed by atoms with Gasteiger partial charge in [0.1, 0.15) is 0 Å². The Morgan fingerprint density at radius 3 is 1.17 bits per heavy atom. The van der Waals surface area contributed by atoms with Crippen molar-refractivity contribution >= 4 is 18.5 Å². The molecule has 0 atom stereocenters. The second-order valence-corrected chi connectivity index (χ2v) is 2.68. The summed E-state index contributed by atoms with van der Waals surface area (Å²) >= 11 is 3.27. The van der Waals surface area contributed by atoms with E-state index in [4.69, 9.17) is 14.7 Å². The molecule has 0 saturated heterocycles. The van der Waals surface area contributed by atoms with Gasteiger partial charge in [-0.3, -0.25) is 0 Å². The Hall–Kier alpha value is 1.53. The largest absolute Gasteiger partial charge is 1.00 e. The van der Waals surface area contributed by atoms with Crippen molar-refractivity contribution < 1.29 is 44.2 Å². The molecule has 0 heterocycles. The summed E-state index contributed by atoms with van der Waals surface area (Å²) < 4.78 is 0. The van der Waals surface area contributed by atoms with Crippen LogP contribution in [0.1, 0.15) is 0 Å². The van der Waals surface area contributed by atoms with Crippen molar-refractivity contribution in [2.75, 3.05) is 0 Å². The van der Waals surface area contributed by atoms with Crippen molar-refractivity contribution in [2.45, 2.75) is 0 Å². The molecule has 0 aromatic carbocycles. The molecule has 0 aromatic heterocycles. The van der Waals surface area contributed by atoms with Crippen LogP contribution in [-0.4, -0.2) is 0 Å². The minimum atomic E-state index is -4.56. The van der Waals surface area contributed by atoms with Crippen LogP contribution in [0.15, 0.2) is 0 Å². The summed E-state index contributed by atoms with van der Waals surface area (Å²) in [6.07, 6.45) is 0. The van der Waals surface area contributed by atoms with Gasteiger partial charge in [-0.05, 0) is 0 Å². The Labute approximate surface area is 62.6 Å². The predicted molar refractivity (Wildman–Crippen MR) is 14.3 cm³/mol. The summed E-state index contributed by atoms with van der Waals surface area (Å²) in [7, 11) is 0. The summed E-state index contributed by atoms with van der Waals surface area (Å²) in [4.78, 5) is 26.8. The molecule has 0 fully saturated rings. The monoisotopic (exact) mass is 134 g/mol. The third kappa shape index (κ3) is 48.5. The molecule has 0 unspecified atom stereocenters. The van der Waals surface area contributed by atoms with Crippen LogP contribution in [-0.2, 0) is 11.8 Å². The van der Waals surface area contributed by atoms with Gasteiger partial charge in [0.05, 0.1) is 0 Å². The molecule has 6 heteroatoms. The smallest absolute Gasteiger partial charge is 0.844 e. The molecule has 32 valence electrons. The van der Waals surface area contributed by atoms with E-state index in [1.807, 2.05) is 0 Å². The van der Waals surface area contributed by atoms with Gasteiger partial charge in [-0.1, -0.05) is 0 Å². The molecule has 0 radical (unpaired) electrons. The van der Waals surface area contributed by atoms with Crippen molar-refractivity contribution in [3.05, 3.63) is 0 Å². The molecule has 0 aliphatic carbocycles. The van der Waals surface area contributed by atoms with Gasteiger partial charge in [-0.15, -0.1) is 0 Å². The summed E-state index contributed by atoms with van der Waals surface area (Å²) in [5.74, 6) is 0. The average Bonchev–Trinajstić information content (AvgIpc) is 0.722. The first-order chi connectivity index (χ1) is 2.00. The fraction of sp³-hybridized carbons (Fsp3) is 0. The fourth-order valence-corrected chi connectivity index (χ4v) is 0. The van der Waals surface area contributed by atoms with Gasteiger partial charge in [-0.25, -0.2) is 0 Å². The molecule has 6 heavy (non-hydrogen) atoms. The Morgan fingerprint density at radius 1 is 1.17 bits per heavy atom. The van der Waals surface area contributed by atoms with Crippen LogP contribution in [0.3, 0.4) is 0 Å². The van der Waals surface area contributed by atoms with Crippen LogP contribution in [0.2, 0.25) is 0 Å². The van der Waals surface area contributed by atoms with Gasteiger partial charge in [0.15, 0.2) is 0 Å². The molecule has 0 aliphatic rings. The number of hydrogen-bond donors (Lipinski definition) is 0. The molecule has 0 spiro atoms. The van der Waals surface area contributed by atoms with Crippen LogP contribution >= 0.6 is 6.72 Å². The van der Waals surface area contributed by atoms with Gasteiger partial charge in [0, 0.05) is 0 Å². The first-order valence-electron chi connectivity index (χ1n) is 0.730. The van der Waals surface area contributed by atoms with E-state index in [0.29, 0.717) is 0 Å². The zero-order valence-corrected chi connectivity index (χ0v) is 6.79. The van der Waals surface area contributed by atoms with E-state index in [1.54, 1.807) is 0 Å². The van der Waals surface area contributed by atoms with E-state index in [0.717, 1.165) is 0 Å². The van der Waals surface area contributed by atoms with Gasteiger partial charge >= 0.3 is 29.6 Å². The Balaban J connectivity index is 0. The summed E-state index contributed by atoms with van der Waals surface area (Å²) in [5, 5.41) is 0. The maximum Gasteiger partial charge on any atom is 1.00 e. The second-order valence-electron chi connectivity index (χ2n) is 0.447. The average molecular weight is 134 g/mol. The summed E-state index contributed by atoms with van der Waals surface area (Å²) in [6, 6.07) is 0. The number of rotatable bonds is 0. The first kappa shape index (κ1) is 10.5. The van der Waals surface area contributed by atoms with Crippen LogP contribution in [0, 0.1) is 0 Å². The molecule has 0 aromatic rings. The molecular formula is NaO3PS-2. The maximum absolute atomic E-state index is 8.92. The van der Waals surface area contributed by atoms with E-state index in [2.05, 4.69) is 11.8 Å². The SMILES string of the molecule is [Na+].[O-]P([O-])([O-])=S. The zero-order valence-electron chi connectivity index (χ0n) is 3.08. The van der Waals surface area contributed by atoms with Crippen molar-refractivity contribution in [3.63, 3.8) is 0 Å². The Kier molecular flexibility index (Phi) is 6.16. The van der Waals surface area contributed by atoms with E-state index in [1.165, 1.54) is 0 Å². The van der Waals surface area contributed by atoms with Crippen molar-refractivity contribution in [1.82, 2.24) is 0 Å². The van der Waals surface area contributed by atoms with E-state index in [9.17, 15) is 0 Å². The van der Waals surface area contributed by atoms with E-state index >= 15 is 0 Å². The quantitative estimate of drug-likeness (QED) is 0.244. The van der Waals surface area contributed by atoms with Gasteiger partial charge in [0.25, 0.3) is 0 Å². The maximum atomic E-state index is 8.92. The molecule has 0 aliphatic heterocycles. The van der Waals surface area contributed by atoms with Crippen LogP contribution < -0.4 is 44.2 Å². The summed E-state index contributed by atoms with van der Waals surface area (Å²) in [6.45, 7) is -4.56. The third-order valence-corrected chi connectivity index (χ3v) is 0. The predicted octanol–water partition coefficient (Wildman–Crippen LogP) is -5.70. The van der Waals surface area contributed by atoms with E-state index < -0.39 is 6.72 Å². The first-order valence-corrected chi connectivity index (χ1v) is 3.29. The molecule has 0 amide bonds. The topological polar surface area (TPSA) is 69.2 Å². The summed E-state index contributed by atoms with van der Waals surface area (Å²) in [5.41, 5.74) is 0. The van der Waals surface area contributed by atoms with Gasteiger partial charge < -0.3 is 21.4 Å². The molecule has 0 rings (SSSR count). The van der Waals surface area contributed by atoms with Crippen molar-refractivity contribution in [1.29, 1.82) is 0 Å². The normalized spacial score (nSPS) is 9.83. The molecule has 0 N–H and O–H groups in total. The van der Waals surface area contributed by atoms with Crippen molar-refractivity contribution in [3.8, 4) is 0 Å². The van der Waals surface area contributed by atoms with Crippen LogP contribution in [0.4, 0.5) is 0 Å². The Morgan fingerprint density at radius 2 is 1.17 bits per heavy atom. The molecular weight excluding hydrogens is 134 g/mol. The fourth-order valence-electron chi connectivity index (χ4n) is 0. The Bertz CT molecular complexity index is 56.9. The van der Waals surface area contributed by atoms with Gasteiger partial charge in [0.2, 0.25) is 0 Å². The molecule has 0 saturated carbocycles. The zero-order chi connectivity index (χ0) is 4.50. The van der Waals surface area contributed by atoms with Crippen LogP contribution in [0.5, 0.6) is 0 Å². The number of hydrogen-bond acceptors (Lipinski definition) is 4. The minimum absolute atomic E-state index is 0. The van der Waals surface area contributed by atoms with E-state index in [-0.39, 0.29) is 29.6 Å². The third-order valence-electron chi connectivity index (χ3n) is 0. The standard InChI is InChI=1S/Na.H3O3PS/c;1-4(2,3)5/h;(H3,1,2,3,5)/q+1;/p-3. The molecule has 3 nitrogen and oxygen atoms in total. The minimum Gasteiger partial charge on any atom is -0.844 e. The van der Waals surface area contributed by atoms with Gasteiger partial charge in [-0.2, -0.15) is 11.8 Å². The molecule has 0 bridgehead atoms. The van der Waals surface area contributed by atoms with Crippen LogP contribution in [0.25, 0.3) is 0 Å². The second kappa shape index (κ2) is 3.52.